The Kier molecular flexibility index (Phi) is 3.97. The van der Waals surface area contributed by atoms with Crippen LogP contribution in [0.1, 0.15) is 6.92 Å². The first-order chi connectivity index (χ1) is 6.32. The monoisotopic (exact) mass is 278 g/mol. The molecule has 2 unspecified atom stereocenters. The minimum atomic E-state index is -6.08. The average molecular weight is 278 g/mol. The van der Waals surface area contributed by atoms with Crippen LogP contribution in [0.4, 0.5) is 26.3 Å². The van der Waals surface area contributed by atoms with Crippen LogP contribution in [0.2, 0.25) is 0 Å². The van der Waals surface area contributed by atoms with E-state index in [1.807, 2.05) is 0 Å². The fourth-order valence-corrected chi connectivity index (χ4v) is 2.82. The smallest absolute Gasteiger partial charge is 0.573 e. The zero-order valence-corrected chi connectivity index (χ0v) is 8.52. The lowest BCUT2D eigenvalue weighted by atomic mass is 11.0. The fourth-order valence-electron chi connectivity index (χ4n) is 0.491. The van der Waals surface area contributed by atoms with E-state index in [-0.39, 0.29) is 6.92 Å². The maximum absolute atomic E-state index is 11.7. The van der Waals surface area contributed by atoms with Crippen molar-refractivity contribution in [2.45, 2.75) is 22.5 Å². The lowest BCUT2D eigenvalue weighted by Gasteiger charge is -2.20. The van der Waals surface area contributed by atoms with E-state index in [9.17, 15) is 39.3 Å². The Labute approximate surface area is 83.5 Å². The lowest BCUT2D eigenvalue weighted by Crippen LogP contribution is -2.43. The summed E-state index contributed by atoms with van der Waals surface area (Å²) in [7, 11) is -6.08. The van der Waals surface area contributed by atoms with E-state index in [0.717, 1.165) is 0 Å². The van der Waals surface area contributed by atoms with Crippen molar-refractivity contribution in [2.24, 2.45) is 0 Å². The summed E-state index contributed by atoms with van der Waals surface area (Å²) >= 11 is -4.11. The minimum absolute atomic E-state index is 0.0897. The molecular formula is C4H4F6O3S2. The molecule has 92 valence electrons. The SMILES string of the molecule is CC([S+]([O-])C(F)(F)F)S(=O)(=O)C(F)(F)F. The van der Waals surface area contributed by atoms with Crippen molar-refractivity contribution in [3.63, 3.8) is 0 Å². The zero-order chi connectivity index (χ0) is 12.7. The molecule has 0 N–H and O–H groups in total. The van der Waals surface area contributed by atoms with Gasteiger partial charge in [-0.25, -0.2) is 8.42 Å². The average Bonchev–Trinajstić information content (AvgIpc) is 1.97. The Morgan fingerprint density at radius 2 is 1.47 bits per heavy atom. The number of alkyl halides is 6. The maximum atomic E-state index is 11.7. The van der Waals surface area contributed by atoms with E-state index < -0.39 is 36.6 Å². The van der Waals surface area contributed by atoms with Crippen molar-refractivity contribution < 1.29 is 39.3 Å². The molecule has 0 saturated heterocycles. The third-order valence-corrected chi connectivity index (χ3v) is 5.15. The standard InChI is InChI=1S/C4H4F6O3S2/c1-2(14(11)3(5,6)7)15(12,13)4(8,9)10/h2H,1H3. The minimum Gasteiger partial charge on any atom is -0.608 e. The Morgan fingerprint density at radius 3 is 1.67 bits per heavy atom. The highest BCUT2D eigenvalue weighted by molar-refractivity contribution is 8.09. The van der Waals surface area contributed by atoms with E-state index in [1.54, 1.807) is 0 Å². The van der Waals surface area contributed by atoms with Gasteiger partial charge in [-0.15, -0.1) is 13.2 Å². The molecule has 0 aliphatic carbocycles. The molecule has 0 heterocycles. The lowest BCUT2D eigenvalue weighted by molar-refractivity contribution is -0.0468. The summed E-state index contributed by atoms with van der Waals surface area (Å²) in [6.45, 7) is 0.0897. The number of hydrogen-bond acceptors (Lipinski definition) is 3. The van der Waals surface area contributed by atoms with Crippen molar-refractivity contribution in [3.8, 4) is 0 Å². The molecule has 2 atom stereocenters. The second-order valence-electron chi connectivity index (χ2n) is 2.30. The van der Waals surface area contributed by atoms with Crippen molar-refractivity contribution in [1.82, 2.24) is 0 Å². The molecule has 0 radical (unpaired) electrons. The van der Waals surface area contributed by atoms with Crippen molar-refractivity contribution >= 4 is 21.0 Å². The molecule has 11 heteroatoms. The van der Waals surface area contributed by atoms with Gasteiger partial charge in [-0.3, -0.25) is 0 Å². The van der Waals surface area contributed by atoms with Gasteiger partial charge in [-0.2, -0.15) is 13.2 Å². The van der Waals surface area contributed by atoms with Crippen LogP contribution in [-0.4, -0.2) is 28.6 Å². The van der Waals surface area contributed by atoms with Gasteiger partial charge in [0.1, 0.15) is 0 Å². The summed E-state index contributed by atoms with van der Waals surface area (Å²) < 4.78 is 98.4. The molecule has 0 bridgehead atoms. The van der Waals surface area contributed by atoms with E-state index >= 15 is 0 Å². The molecule has 0 aromatic heterocycles. The van der Waals surface area contributed by atoms with Crippen LogP contribution < -0.4 is 0 Å². The quantitative estimate of drug-likeness (QED) is 0.568. The second-order valence-corrected chi connectivity index (χ2v) is 6.62. The van der Waals surface area contributed by atoms with Crippen molar-refractivity contribution in [3.05, 3.63) is 0 Å². The van der Waals surface area contributed by atoms with Crippen LogP contribution in [0.25, 0.3) is 0 Å². The van der Waals surface area contributed by atoms with Crippen LogP contribution in [0.5, 0.6) is 0 Å². The fraction of sp³-hybridized carbons (Fsp3) is 1.00. The molecule has 0 fully saturated rings. The number of rotatable bonds is 2. The van der Waals surface area contributed by atoms with Gasteiger partial charge < -0.3 is 4.55 Å². The van der Waals surface area contributed by atoms with Gasteiger partial charge in [0.25, 0.3) is 9.84 Å². The van der Waals surface area contributed by atoms with Gasteiger partial charge >= 0.3 is 11.0 Å². The number of sulfone groups is 1. The molecule has 0 spiro atoms. The first-order valence-corrected chi connectivity index (χ1v) is 5.85. The summed E-state index contributed by atoms with van der Waals surface area (Å²) in [5.41, 5.74) is -11.4. The molecule has 0 rings (SSSR count). The van der Waals surface area contributed by atoms with Crippen LogP contribution in [-0.2, 0) is 21.0 Å². The third-order valence-electron chi connectivity index (χ3n) is 1.29. The summed E-state index contributed by atoms with van der Waals surface area (Å²) in [5, 5.41) is 0. The summed E-state index contributed by atoms with van der Waals surface area (Å²) in [4.78, 5) is 0. The van der Waals surface area contributed by atoms with Crippen LogP contribution in [0.15, 0.2) is 0 Å². The first kappa shape index (κ1) is 14.8. The molecule has 0 saturated carbocycles. The molecule has 0 aliphatic heterocycles. The molecule has 3 nitrogen and oxygen atoms in total. The molecule has 0 aromatic carbocycles. The van der Waals surface area contributed by atoms with E-state index in [1.165, 1.54) is 0 Å². The highest BCUT2D eigenvalue weighted by Crippen LogP contribution is 2.35. The van der Waals surface area contributed by atoms with Gasteiger partial charge in [0.2, 0.25) is 4.58 Å². The summed E-state index contributed by atoms with van der Waals surface area (Å²) in [6, 6.07) is 0. The van der Waals surface area contributed by atoms with Crippen LogP contribution in [0, 0.1) is 0 Å². The normalized spacial score (nSPS) is 18.7. The molecule has 0 aromatic rings. The molecule has 0 aliphatic rings. The van der Waals surface area contributed by atoms with E-state index in [4.69, 9.17) is 0 Å². The Balaban J connectivity index is 5.13. The summed E-state index contributed by atoms with van der Waals surface area (Å²) in [6.07, 6.45) is 0. The van der Waals surface area contributed by atoms with E-state index in [0.29, 0.717) is 0 Å². The van der Waals surface area contributed by atoms with Crippen LogP contribution in [0.3, 0.4) is 0 Å². The first-order valence-electron chi connectivity index (χ1n) is 3.09. The highest BCUT2D eigenvalue weighted by atomic mass is 32.3. The van der Waals surface area contributed by atoms with Gasteiger partial charge in [0.15, 0.2) is 0 Å². The van der Waals surface area contributed by atoms with Gasteiger partial charge in [0.05, 0.1) is 11.2 Å². The predicted molar refractivity (Wildman–Crippen MR) is 38.6 cm³/mol. The van der Waals surface area contributed by atoms with Gasteiger partial charge in [-0.05, 0) is 6.92 Å². The third kappa shape index (κ3) is 3.14. The van der Waals surface area contributed by atoms with Gasteiger partial charge in [-0.1, -0.05) is 0 Å². The number of halogens is 6. The van der Waals surface area contributed by atoms with Gasteiger partial charge in [0, 0.05) is 0 Å². The van der Waals surface area contributed by atoms with Crippen molar-refractivity contribution in [2.75, 3.05) is 0 Å². The van der Waals surface area contributed by atoms with Crippen LogP contribution >= 0.6 is 0 Å². The second kappa shape index (κ2) is 4.01. The van der Waals surface area contributed by atoms with Crippen molar-refractivity contribution in [1.29, 1.82) is 0 Å². The zero-order valence-electron chi connectivity index (χ0n) is 6.89. The Bertz CT molecular complexity index is 316. The Hall–Kier alpha value is -0.160. The Morgan fingerprint density at radius 1 is 1.13 bits per heavy atom. The maximum Gasteiger partial charge on any atom is 0.573 e. The predicted octanol–water partition coefficient (Wildman–Crippen LogP) is 1.54. The van der Waals surface area contributed by atoms with E-state index in [2.05, 4.69) is 0 Å². The topological polar surface area (TPSA) is 57.2 Å². The largest absolute Gasteiger partial charge is 0.608 e. The molecule has 15 heavy (non-hydrogen) atoms. The molecular weight excluding hydrogens is 274 g/mol. The number of hydrogen-bond donors (Lipinski definition) is 0. The summed E-state index contributed by atoms with van der Waals surface area (Å²) in [5.74, 6) is 0. The highest BCUT2D eigenvalue weighted by Gasteiger charge is 2.60. The molecule has 0 amide bonds.